The lowest BCUT2D eigenvalue weighted by Gasteiger charge is -2.37. The second-order valence-electron chi connectivity index (χ2n) is 8.08. The quantitative estimate of drug-likeness (QED) is 0.613. The molecule has 4 aliphatic carbocycles. The minimum Gasteiger partial charge on any atom is -0.274 e. The molecule has 2 saturated carbocycles. The lowest BCUT2D eigenvalue weighted by molar-refractivity contribution is -0.124. The molecule has 0 spiro atoms. The Morgan fingerprint density at radius 1 is 0.692 bits per heavy atom. The van der Waals surface area contributed by atoms with E-state index in [1.54, 1.807) is 0 Å². The molecule has 7 rings (SSSR count). The van der Waals surface area contributed by atoms with Gasteiger partial charge in [0.25, 0.3) is 0 Å². The van der Waals surface area contributed by atoms with Crippen LogP contribution in [0.3, 0.4) is 0 Å². The smallest absolute Gasteiger partial charge is 0.238 e. The van der Waals surface area contributed by atoms with E-state index in [0.717, 1.165) is 11.1 Å². The standard InChI is InChI=1S/C23H19NO2/c25-22-20-16-10-11-17(19-12-18(16)19)21(20)23(26)24(22)15-8-6-14(7-9-15)13-4-2-1-3-5-13/h1-11,16-21H,12H2/t16-,17-,18-,19+,20+,21+/m1/s1. The fourth-order valence-electron chi connectivity index (χ4n) is 5.65. The Labute approximate surface area is 152 Å². The predicted octanol–water partition coefficient (Wildman–Crippen LogP) is 3.91. The van der Waals surface area contributed by atoms with Crippen molar-refractivity contribution in [2.75, 3.05) is 4.90 Å². The van der Waals surface area contributed by atoms with Gasteiger partial charge in [0.2, 0.25) is 11.8 Å². The van der Waals surface area contributed by atoms with Crippen LogP contribution < -0.4 is 4.90 Å². The first kappa shape index (κ1) is 14.5. The van der Waals surface area contributed by atoms with E-state index in [-0.39, 0.29) is 35.5 Å². The lowest BCUT2D eigenvalue weighted by Crippen LogP contribution is -2.40. The minimum absolute atomic E-state index is 0.0113. The van der Waals surface area contributed by atoms with Crippen molar-refractivity contribution in [1.29, 1.82) is 0 Å². The van der Waals surface area contributed by atoms with Gasteiger partial charge in [-0.05, 0) is 53.4 Å². The number of imide groups is 1. The van der Waals surface area contributed by atoms with Crippen molar-refractivity contribution in [2.45, 2.75) is 6.42 Å². The summed E-state index contributed by atoms with van der Waals surface area (Å²) in [4.78, 5) is 27.7. The topological polar surface area (TPSA) is 37.4 Å². The van der Waals surface area contributed by atoms with Crippen LogP contribution in [0, 0.1) is 35.5 Å². The van der Waals surface area contributed by atoms with Gasteiger partial charge in [-0.15, -0.1) is 0 Å². The van der Waals surface area contributed by atoms with Crippen LogP contribution in [-0.4, -0.2) is 11.8 Å². The Morgan fingerprint density at radius 2 is 1.23 bits per heavy atom. The molecule has 1 aliphatic heterocycles. The summed E-state index contributed by atoms with van der Waals surface area (Å²) >= 11 is 0. The number of rotatable bonds is 2. The molecule has 3 heteroatoms. The second kappa shape index (κ2) is 4.94. The SMILES string of the molecule is O=C1[C@H]2[C@@H]3C=C[C@H]([C@@H]4C[C@H]34)[C@@H]2C(=O)N1c1ccc(-c2ccccc2)cc1. The number of benzene rings is 2. The fourth-order valence-corrected chi connectivity index (χ4v) is 5.65. The number of carbonyl (C=O) groups excluding carboxylic acids is 2. The van der Waals surface area contributed by atoms with Gasteiger partial charge >= 0.3 is 0 Å². The molecular weight excluding hydrogens is 322 g/mol. The maximum atomic E-state index is 13.1. The first-order valence-corrected chi connectivity index (χ1v) is 9.45. The van der Waals surface area contributed by atoms with E-state index in [9.17, 15) is 9.59 Å². The van der Waals surface area contributed by atoms with Crippen molar-refractivity contribution >= 4 is 17.5 Å². The highest BCUT2D eigenvalue weighted by atomic mass is 16.2. The molecule has 0 aromatic heterocycles. The van der Waals surface area contributed by atoms with Gasteiger partial charge in [0.15, 0.2) is 0 Å². The van der Waals surface area contributed by atoms with Gasteiger partial charge in [-0.25, -0.2) is 0 Å². The number of hydrogen-bond donors (Lipinski definition) is 0. The molecule has 0 N–H and O–H groups in total. The van der Waals surface area contributed by atoms with Crippen molar-refractivity contribution in [3.8, 4) is 11.1 Å². The number of hydrogen-bond acceptors (Lipinski definition) is 2. The number of amides is 2. The van der Waals surface area contributed by atoms with E-state index in [4.69, 9.17) is 0 Å². The number of carbonyl (C=O) groups is 2. The third kappa shape index (κ3) is 1.78. The first-order valence-electron chi connectivity index (χ1n) is 9.45. The number of nitrogens with zero attached hydrogens (tertiary/aromatic N) is 1. The summed E-state index contributed by atoms with van der Waals surface area (Å²) in [6.07, 6.45) is 5.63. The molecule has 2 aromatic rings. The van der Waals surface area contributed by atoms with E-state index in [2.05, 4.69) is 24.3 Å². The van der Waals surface area contributed by atoms with E-state index in [0.29, 0.717) is 17.5 Å². The number of allylic oxidation sites excluding steroid dienone is 2. The normalized spacial score (nSPS) is 36.2. The molecule has 1 saturated heterocycles. The molecule has 1 heterocycles. The van der Waals surface area contributed by atoms with Crippen molar-refractivity contribution in [3.05, 3.63) is 66.7 Å². The van der Waals surface area contributed by atoms with Gasteiger partial charge in [-0.3, -0.25) is 14.5 Å². The summed E-state index contributed by atoms with van der Waals surface area (Å²) in [7, 11) is 0. The third-order valence-corrected chi connectivity index (χ3v) is 6.90. The van der Waals surface area contributed by atoms with Crippen LogP contribution in [0.5, 0.6) is 0 Å². The summed E-state index contributed by atoms with van der Waals surface area (Å²) in [5.41, 5.74) is 2.94. The van der Waals surface area contributed by atoms with Crippen LogP contribution in [0.4, 0.5) is 5.69 Å². The molecule has 26 heavy (non-hydrogen) atoms. The summed E-state index contributed by atoms with van der Waals surface area (Å²) in [6.45, 7) is 0. The molecule has 6 atom stereocenters. The molecule has 0 unspecified atom stereocenters. The van der Waals surface area contributed by atoms with Crippen molar-refractivity contribution in [3.63, 3.8) is 0 Å². The minimum atomic E-state index is -0.130. The van der Waals surface area contributed by atoms with Gasteiger partial charge in [0.1, 0.15) is 0 Å². The molecular formula is C23H19NO2. The van der Waals surface area contributed by atoms with Crippen LogP contribution in [0.25, 0.3) is 11.1 Å². The Balaban J connectivity index is 1.35. The lowest BCUT2D eigenvalue weighted by atomic mass is 9.63. The zero-order valence-electron chi connectivity index (χ0n) is 14.3. The highest BCUT2D eigenvalue weighted by Crippen LogP contribution is 2.65. The predicted molar refractivity (Wildman–Crippen MR) is 99.1 cm³/mol. The summed E-state index contributed by atoms with van der Waals surface area (Å²) < 4.78 is 0. The average Bonchev–Trinajstić information content (AvgIpc) is 3.47. The van der Waals surface area contributed by atoms with Crippen molar-refractivity contribution in [2.24, 2.45) is 35.5 Å². The largest absolute Gasteiger partial charge is 0.274 e. The zero-order chi connectivity index (χ0) is 17.4. The maximum Gasteiger partial charge on any atom is 0.238 e. The molecule has 2 amide bonds. The molecule has 3 fully saturated rings. The van der Waals surface area contributed by atoms with Crippen LogP contribution in [-0.2, 0) is 9.59 Å². The second-order valence-corrected chi connectivity index (χ2v) is 8.08. The van der Waals surface area contributed by atoms with Crippen molar-refractivity contribution < 1.29 is 9.59 Å². The van der Waals surface area contributed by atoms with Crippen LogP contribution in [0.1, 0.15) is 6.42 Å². The van der Waals surface area contributed by atoms with Crippen molar-refractivity contribution in [1.82, 2.24) is 0 Å². The molecule has 128 valence electrons. The van der Waals surface area contributed by atoms with Crippen LogP contribution in [0.15, 0.2) is 66.7 Å². The van der Waals surface area contributed by atoms with Gasteiger partial charge < -0.3 is 0 Å². The Hall–Kier alpha value is -2.68. The Bertz CT molecular complexity index is 910. The molecule has 2 aromatic carbocycles. The Morgan fingerprint density at radius 3 is 1.81 bits per heavy atom. The fraction of sp³-hybridized carbons (Fsp3) is 0.304. The van der Waals surface area contributed by atoms with Gasteiger partial charge in [-0.1, -0.05) is 54.6 Å². The zero-order valence-corrected chi connectivity index (χ0v) is 14.3. The average molecular weight is 341 g/mol. The highest BCUT2D eigenvalue weighted by molar-refractivity contribution is 6.22. The molecule has 2 bridgehead atoms. The van der Waals surface area contributed by atoms with Gasteiger partial charge in [0.05, 0.1) is 17.5 Å². The monoisotopic (exact) mass is 341 g/mol. The maximum absolute atomic E-state index is 13.1. The Kier molecular flexibility index (Phi) is 2.75. The summed E-state index contributed by atoms with van der Waals surface area (Å²) in [6, 6.07) is 17.9. The van der Waals surface area contributed by atoms with Gasteiger partial charge in [-0.2, -0.15) is 0 Å². The highest BCUT2D eigenvalue weighted by Gasteiger charge is 2.67. The summed E-state index contributed by atoms with van der Waals surface area (Å²) in [5.74, 6) is 1.60. The molecule has 3 nitrogen and oxygen atoms in total. The summed E-state index contributed by atoms with van der Waals surface area (Å²) in [5, 5.41) is 0. The molecule has 0 radical (unpaired) electrons. The number of anilines is 1. The van der Waals surface area contributed by atoms with E-state index in [1.807, 2.05) is 42.5 Å². The van der Waals surface area contributed by atoms with E-state index in [1.165, 1.54) is 11.3 Å². The van der Waals surface area contributed by atoms with Crippen LogP contribution in [0.2, 0.25) is 0 Å². The van der Waals surface area contributed by atoms with Gasteiger partial charge in [0, 0.05) is 0 Å². The van der Waals surface area contributed by atoms with E-state index < -0.39 is 0 Å². The van der Waals surface area contributed by atoms with Crippen LogP contribution >= 0.6 is 0 Å². The third-order valence-electron chi connectivity index (χ3n) is 6.90. The van der Waals surface area contributed by atoms with E-state index >= 15 is 0 Å². The molecule has 5 aliphatic rings. The first-order chi connectivity index (χ1) is 12.7.